The highest BCUT2D eigenvalue weighted by Gasteiger charge is 2.16. The maximum Gasteiger partial charge on any atom is 0.335 e. The Morgan fingerprint density at radius 1 is 1.33 bits per heavy atom. The fourth-order valence-electron chi connectivity index (χ4n) is 1.65. The number of hydrogen-bond acceptors (Lipinski definition) is 2. The number of aromatic carboxylic acids is 1. The lowest BCUT2D eigenvalue weighted by molar-refractivity contribution is -0.120. The fraction of sp³-hybridized carbons (Fsp3) is 0.385. The molecule has 0 unspecified atom stereocenters. The Morgan fingerprint density at radius 2 is 1.94 bits per heavy atom. The van der Waals surface area contributed by atoms with Gasteiger partial charge in [-0.25, -0.2) is 9.18 Å². The van der Waals surface area contributed by atoms with Crippen LogP contribution in [0, 0.1) is 11.7 Å². The molecule has 0 fully saturated rings. The fourth-order valence-corrected chi connectivity index (χ4v) is 1.65. The van der Waals surface area contributed by atoms with Crippen molar-refractivity contribution in [2.45, 2.75) is 26.7 Å². The number of carboxylic acid groups (broad SMARTS) is 1. The monoisotopic (exact) mass is 253 g/mol. The first-order chi connectivity index (χ1) is 8.49. The number of carbonyl (C=O) groups is 2. The van der Waals surface area contributed by atoms with E-state index in [2.05, 4.69) is 5.32 Å². The molecule has 5 heteroatoms. The Kier molecular flexibility index (Phi) is 4.83. The first kappa shape index (κ1) is 14.2. The summed E-state index contributed by atoms with van der Waals surface area (Å²) in [5, 5.41) is 11.2. The zero-order chi connectivity index (χ0) is 13.7. The zero-order valence-electron chi connectivity index (χ0n) is 10.4. The van der Waals surface area contributed by atoms with Crippen LogP contribution in [0.25, 0.3) is 0 Å². The third-order valence-corrected chi connectivity index (χ3v) is 2.83. The molecule has 0 spiro atoms. The van der Waals surface area contributed by atoms with Gasteiger partial charge in [0.15, 0.2) is 0 Å². The van der Waals surface area contributed by atoms with Gasteiger partial charge in [0, 0.05) is 5.92 Å². The molecule has 0 aliphatic heterocycles. The molecule has 1 rings (SSSR count). The molecule has 0 aliphatic carbocycles. The number of carboxylic acids is 1. The summed E-state index contributed by atoms with van der Waals surface area (Å²) in [5.41, 5.74) is -0.150. The largest absolute Gasteiger partial charge is 0.478 e. The van der Waals surface area contributed by atoms with Crippen LogP contribution in [-0.4, -0.2) is 17.0 Å². The zero-order valence-corrected chi connectivity index (χ0v) is 10.4. The van der Waals surface area contributed by atoms with E-state index in [-0.39, 0.29) is 23.1 Å². The molecule has 0 atom stereocenters. The summed E-state index contributed by atoms with van der Waals surface area (Å²) in [6.07, 6.45) is 1.31. The van der Waals surface area contributed by atoms with Crippen molar-refractivity contribution >= 4 is 17.6 Å². The molecule has 0 aromatic heterocycles. The lowest BCUT2D eigenvalue weighted by atomic mass is 10.0. The molecule has 1 aromatic rings. The topological polar surface area (TPSA) is 66.4 Å². The van der Waals surface area contributed by atoms with Crippen LogP contribution in [0.15, 0.2) is 18.2 Å². The molecule has 0 bridgehead atoms. The molecule has 98 valence electrons. The second kappa shape index (κ2) is 6.14. The van der Waals surface area contributed by atoms with Crippen LogP contribution < -0.4 is 5.32 Å². The summed E-state index contributed by atoms with van der Waals surface area (Å²) in [7, 11) is 0. The summed E-state index contributed by atoms with van der Waals surface area (Å²) in [5.74, 6) is -2.29. The van der Waals surface area contributed by atoms with Crippen LogP contribution in [-0.2, 0) is 4.79 Å². The summed E-state index contributed by atoms with van der Waals surface area (Å²) in [6.45, 7) is 3.75. The van der Waals surface area contributed by atoms with E-state index >= 15 is 0 Å². The average molecular weight is 253 g/mol. The SMILES string of the molecule is CCC(CC)C(=O)Nc1cc(C(=O)O)ccc1F. The van der Waals surface area contributed by atoms with Gasteiger partial charge in [0.25, 0.3) is 0 Å². The van der Waals surface area contributed by atoms with Gasteiger partial charge in [0.1, 0.15) is 5.82 Å². The number of hydrogen-bond donors (Lipinski definition) is 2. The van der Waals surface area contributed by atoms with Crippen LogP contribution in [0.3, 0.4) is 0 Å². The maximum atomic E-state index is 13.5. The molecule has 18 heavy (non-hydrogen) atoms. The van der Waals surface area contributed by atoms with Gasteiger partial charge >= 0.3 is 5.97 Å². The molecule has 0 saturated carbocycles. The van der Waals surface area contributed by atoms with E-state index in [1.165, 1.54) is 0 Å². The van der Waals surface area contributed by atoms with Gasteiger partial charge in [0.05, 0.1) is 11.3 Å². The second-order valence-electron chi connectivity index (χ2n) is 4.00. The summed E-state index contributed by atoms with van der Waals surface area (Å²) in [6, 6.07) is 3.31. The van der Waals surface area contributed by atoms with Crippen LogP contribution in [0.5, 0.6) is 0 Å². The molecule has 0 saturated heterocycles. The third kappa shape index (κ3) is 3.29. The molecule has 0 radical (unpaired) electrons. The van der Waals surface area contributed by atoms with Crippen molar-refractivity contribution in [2.24, 2.45) is 5.92 Å². The Morgan fingerprint density at radius 3 is 2.44 bits per heavy atom. The third-order valence-electron chi connectivity index (χ3n) is 2.83. The quantitative estimate of drug-likeness (QED) is 0.847. The maximum absolute atomic E-state index is 13.5. The van der Waals surface area contributed by atoms with Crippen LogP contribution in [0.1, 0.15) is 37.0 Å². The Balaban J connectivity index is 2.93. The molecule has 1 amide bonds. The Bertz CT molecular complexity index is 456. The molecular formula is C13H16FNO3. The van der Waals surface area contributed by atoms with Crippen molar-refractivity contribution in [3.05, 3.63) is 29.6 Å². The summed E-state index contributed by atoms with van der Waals surface area (Å²) >= 11 is 0. The first-order valence-corrected chi connectivity index (χ1v) is 5.83. The smallest absolute Gasteiger partial charge is 0.335 e. The van der Waals surface area contributed by atoms with E-state index in [1.54, 1.807) is 0 Å². The number of halogens is 1. The van der Waals surface area contributed by atoms with Gasteiger partial charge in [-0.05, 0) is 31.0 Å². The first-order valence-electron chi connectivity index (χ1n) is 5.83. The molecular weight excluding hydrogens is 237 g/mol. The molecule has 2 N–H and O–H groups in total. The number of nitrogens with one attached hydrogen (secondary N) is 1. The predicted molar refractivity (Wildman–Crippen MR) is 66.1 cm³/mol. The van der Waals surface area contributed by atoms with Gasteiger partial charge in [-0.3, -0.25) is 4.79 Å². The van der Waals surface area contributed by atoms with Crippen LogP contribution in [0.4, 0.5) is 10.1 Å². The van der Waals surface area contributed by atoms with Gasteiger partial charge in [-0.2, -0.15) is 0 Å². The standard InChI is InChI=1S/C13H16FNO3/c1-3-8(4-2)12(16)15-11-7-9(13(17)18)5-6-10(11)14/h5-8H,3-4H2,1-2H3,(H,15,16)(H,17,18). The van der Waals surface area contributed by atoms with Gasteiger partial charge in [-0.1, -0.05) is 13.8 Å². The number of rotatable bonds is 5. The van der Waals surface area contributed by atoms with E-state index in [9.17, 15) is 14.0 Å². The number of carbonyl (C=O) groups excluding carboxylic acids is 1. The Hall–Kier alpha value is -1.91. The van der Waals surface area contributed by atoms with Crippen molar-refractivity contribution in [3.8, 4) is 0 Å². The highest BCUT2D eigenvalue weighted by atomic mass is 19.1. The van der Waals surface area contributed by atoms with Crippen LogP contribution >= 0.6 is 0 Å². The van der Waals surface area contributed by atoms with Gasteiger partial charge in [0.2, 0.25) is 5.91 Å². The molecule has 1 aromatic carbocycles. The molecule has 0 heterocycles. The van der Waals surface area contributed by atoms with E-state index in [1.807, 2.05) is 13.8 Å². The van der Waals surface area contributed by atoms with E-state index in [4.69, 9.17) is 5.11 Å². The van der Waals surface area contributed by atoms with Gasteiger partial charge in [-0.15, -0.1) is 0 Å². The number of benzene rings is 1. The van der Waals surface area contributed by atoms with Crippen molar-refractivity contribution < 1.29 is 19.1 Å². The minimum atomic E-state index is -1.16. The van der Waals surface area contributed by atoms with Crippen molar-refractivity contribution in [2.75, 3.05) is 5.32 Å². The molecule has 4 nitrogen and oxygen atoms in total. The minimum absolute atomic E-state index is 0.0590. The average Bonchev–Trinajstić information content (AvgIpc) is 2.33. The van der Waals surface area contributed by atoms with Crippen molar-refractivity contribution in [1.82, 2.24) is 0 Å². The second-order valence-corrected chi connectivity index (χ2v) is 4.00. The normalized spacial score (nSPS) is 10.4. The van der Waals surface area contributed by atoms with E-state index in [0.29, 0.717) is 12.8 Å². The predicted octanol–water partition coefficient (Wildman–Crippen LogP) is 2.90. The number of amides is 1. The van der Waals surface area contributed by atoms with E-state index in [0.717, 1.165) is 18.2 Å². The van der Waals surface area contributed by atoms with Crippen molar-refractivity contribution in [1.29, 1.82) is 0 Å². The highest BCUT2D eigenvalue weighted by Crippen LogP contribution is 2.18. The van der Waals surface area contributed by atoms with Crippen LogP contribution in [0.2, 0.25) is 0 Å². The van der Waals surface area contributed by atoms with Crippen molar-refractivity contribution in [3.63, 3.8) is 0 Å². The molecule has 0 aliphatic rings. The van der Waals surface area contributed by atoms with E-state index < -0.39 is 11.8 Å². The van der Waals surface area contributed by atoms with Gasteiger partial charge < -0.3 is 10.4 Å². The minimum Gasteiger partial charge on any atom is -0.478 e. The summed E-state index contributed by atoms with van der Waals surface area (Å²) < 4.78 is 13.5. The Labute approximate surface area is 105 Å². The lowest BCUT2D eigenvalue weighted by Crippen LogP contribution is -2.22. The highest BCUT2D eigenvalue weighted by molar-refractivity contribution is 5.95. The lowest BCUT2D eigenvalue weighted by Gasteiger charge is -2.13. The number of anilines is 1. The summed E-state index contributed by atoms with van der Waals surface area (Å²) in [4.78, 5) is 22.5.